The molecule has 4 rings (SSSR count). The fourth-order valence-electron chi connectivity index (χ4n) is 7.50. The monoisotopic (exact) mass is 304 g/mol. The van der Waals surface area contributed by atoms with Crippen molar-refractivity contribution in [3.63, 3.8) is 0 Å². The number of carbonyl (C=O) groups excluding carboxylic acids is 1. The third kappa shape index (κ3) is 1.92. The Hall–Kier alpha value is -0.370. The van der Waals surface area contributed by atoms with Crippen molar-refractivity contribution < 1.29 is 9.90 Å². The van der Waals surface area contributed by atoms with Gasteiger partial charge in [-0.25, -0.2) is 0 Å². The zero-order valence-corrected chi connectivity index (χ0v) is 14.3. The molecule has 0 aromatic carbocycles. The van der Waals surface area contributed by atoms with Gasteiger partial charge in [-0.15, -0.1) is 0 Å². The van der Waals surface area contributed by atoms with E-state index in [1.807, 2.05) is 0 Å². The molecule has 1 N–H and O–H groups in total. The minimum Gasteiger partial charge on any atom is -0.393 e. The molecule has 2 nitrogen and oxygen atoms in total. The predicted octanol–water partition coefficient (Wildman–Crippen LogP) is 4.21. The molecule has 0 aliphatic heterocycles. The molecule has 124 valence electrons. The van der Waals surface area contributed by atoms with E-state index in [1.54, 1.807) is 0 Å². The first-order chi connectivity index (χ1) is 10.5. The second-order valence-electron chi connectivity index (χ2n) is 9.45. The van der Waals surface area contributed by atoms with Gasteiger partial charge in [-0.2, -0.15) is 0 Å². The van der Waals surface area contributed by atoms with Crippen LogP contribution in [0.5, 0.6) is 0 Å². The van der Waals surface area contributed by atoms with Crippen molar-refractivity contribution in [3.8, 4) is 0 Å². The van der Waals surface area contributed by atoms with Crippen molar-refractivity contribution in [2.75, 3.05) is 0 Å². The molecular weight excluding hydrogens is 272 g/mol. The van der Waals surface area contributed by atoms with Crippen LogP contribution in [0.15, 0.2) is 0 Å². The van der Waals surface area contributed by atoms with Crippen molar-refractivity contribution in [2.45, 2.75) is 77.7 Å². The van der Waals surface area contributed by atoms with Crippen LogP contribution >= 0.6 is 0 Å². The Morgan fingerprint density at radius 1 is 0.909 bits per heavy atom. The van der Waals surface area contributed by atoms with Gasteiger partial charge in [-0.3, -0.25) is 0 Å². The molecule has 4 aliphatic rings. The van der Waals surface area contributed by atoms with Crippen molar-refractivity contribution in [1.29, 1.82) is 0 Å². The summed E-state index contributed by atoms with van der Waals surface area (Å²) in [6.07, 6.45) is 12.2. The van der Waals surface area contributed by atoms with Crippen molar-refractivity contribution in [3.05, 3.63) is 0 Å². The van der Waals surface area contributed by atoms with Crippen LogP contribution < -0.4 is 0 Å². The van der Waals surface area contributed by atoms with E-state index in [-0.39, 0.29) is 6.10 Å². The summed E-state index contributed by atoms with van der Waals surface area (Å²) >= 11 is 0. The van der Waals surface area contributed by atoms with Crippen LogP contribution in [-0.2, 0) is 4.79 Å². The molecule has 0 aromatic heterocycles. The van der Waals surface area contributed by atoms with Gasteiger partial charge in [-0.05, 0) is 92.3 Å². The van der Waals surface area contributed by atoms with Gasteiger partial charge in [-0.1, -0.05) is 13.8 Å². The quantitative estimate of drug-likeness (QED) is 0.737. The smallest absolute Gasteiger partial charge is 0.123 e. The molecule has 0 bridgehead atoms. The summed E-state index contributed by atoms with van der Waals surface area (Å²) in [6.45, 7) is 4.95. The van der Waals surface area contributed by atoms with Crippen LogP contribution in [0.4, 0.5) is 0 Å². The maximum atomic E-state index is 11.5. The molecule has 2 heteroatoms. The Morgan fingerprint density at radius 2 is 1.64 bits per heavy atom. The molecule has 4 aliphatic carbocycles. The average molecular weight is 304 g/mol. The molecule has 0 saturated heterocycles. The molecule has 0 spiro atoms. The lowest BCUT2D eigenvalue weighted by molar-refractivity contribution is -0.133. The topological polar surface area (TPSA) is 37.3 Å². The number of hydrogen-bond acceptors (Lipinski definition) is 2. The van der Waals surface area contributed by atoms with Gasteiger partial charge >= 0.3 is 0 Å². The van der Waals surface area contributed by atoms with Crippen molar-refractivity contribution in [1.82, 2.24) is 0 Å². The van der Waals surface area contributed by atoms with E-state index in [9.17, 15) is 9.90 Å². The highest BCUT2D eigenvalue weighted by molar-refractivity contribution is 5.56. The Kier molecular flexibility index (Phi) is 3.49. The maximum absolute atomic E-state index is 11.5. The van der Waals surface area contributed by atoms with Gasteiger partial charge in [0.15, 0.2) is 0 Å². The van der Waals surface area contributed by atoms with E-state index in [0.717, 1.165) is 42.9 Å². The molecule has 1 unspecified atom stereocenters. The van der Waals surface area contributed by atoms with E-state index < -0.39 is 0 Å². The molecule has 0 radical (unpaired) electrons. The Balaban J connectivity index is 1.62. The molecule has 4 fully saturated rings. The number of rotatable bonds is 1. The first-order valence-corrected chi connectivity index (χ1v) is 9.62. The average Bonchev–Trinajstić information content (AvgIpc) is 2.84. The molecule has 0 heterocycles. The van der Waals surface area contributed by atoms with E-state index in [2.05, 4.69) is 13.8 Å². The minimum atomic E-state index is -0.0468. The minimum absolute atomic E-state index is 0.0468. The Labute approximate surface area is 135 Å². The van der Waals surface area contributed by atoms with E-state index in [1.165, 1.54) is 44.8 Å². The van der Waals surface area contributed by atoms with Gasteiger partial charge in [0.05, 0.1) is 6.10 Å². The lowest BCUT2D eigenvalue weighted by atomic mass is 9.45. The molecule has 0 aromatic rings. The molecule has 8 atom stereocenters. The third-order valence-electron chi connectivity index (χ3n) is 8.88. The highest BCUT2D eigenvalue weighted by atomic mass is 16.3. The van der Waals surface area contributed by atoms with Gasteiger partial charge in [0, 0.05) is 5.92 Å². The van der Waals surface area contributed by atoms with Crippen LogP contribution in [-0.4, -0.2) is 17.5 Å². The number of hydrogen-bond donors (Lipinski definition) is 1. The highest BCUT2D eigenvalue weighted by Crippen LogP contribution is 2.67. The lowest BCUT2D eigenvalue weighted by Gasteiger charge is -2.60. The number of aliphatic hydroxyl groups is 1. The van der Waals surface area contributed by atoms with Gasteiger partial charge in [0.1, 0.15) is 6.29 Å². The van der Waals surface area contributed by atoms with Crippen molar-refractivity contribution >= 4 is 6.29 Å². The molecule has 4 saturated carbocycles. The Bertz CT molecular complexity index is 461. The van der Waals surface area contributed by atoms with Gasteiger partial charge in [0.2, 0.25) is 0 Å². The Morgan fingerprint density at radius 3 is 2.41 bits per heavy atom. The van der Waals surface area contributed by atoms with E-state index in [0.29, 0.717) is 16.7 Å². The summed E-state index contributed by atoms with van der Waals surface area (Å²) in [4.78, 5) is 11.5. The second kappa shape index (κ2) is 5.06. The fraction of sp³-hybridized carbons (Fsp3) is 0.950. The van der Waals surface area contributed by atoms with Crippen molar-refractivity contribution in [2.24, 2.45) is 40.4 Å². The summed E-state index contributed by atoms with van der Waals surface area (Å²) in [5.74, 6) is 3.54. The maximum Gasteiger partial charge on any atom is 0.123 e. The van der Waals surface area contributed by atoms with Crippen LogP contribution in [0, 0.1) is 40.4 Å². The number of fused-ring (bicyclic) bond motifs is 5. The van der Waals surface area contributed by atoms with Gasteiger partial charge in [0.25, 0.3) is 0 Å². The predicted molar refractivity (Wildman–Crippen MR) is 87.3 cm³/mol. The zero-order valence-electron chi connectivity index (χ0n) is 14.3. The third-order valence-corrected chi connectivity index (χ3v) is 8.88. The van der Waals surface area contributed by atoms with E-state index >= 15 is 0 Å². The van der Waals surface area contributed by atoms with E-state index in [4.69, 9.17) is 0 Å². The molecule has 22 heavy (non-hydrogen) atoms. The molecule has 0 amide bonds. The first kappa shape index (κ1) is 15.2. The fourth-order valence-corrected chi connectivity index (χ4v) is 7.50. The number of aliphatic hydroxyl groups excluding tert-OH is 1. The first-order valence-electron chi connectivity index (χ1n) is 9.62. The molecular formula is C20H32O2. The summed E-state index contributed by atoms with van der Waals surface area (Å²) in [6, 6.07) is 0. The summed E-state index contributed by atoms with van der Waals surface area (Å²) < 4.78 is 0. The normalized spacial score (nSPS) is 57.6. The number of carbonyl (C=O) groups is 1. The van der Waals surface area contributed by atoms with Crippen LogP contribution in [0.1, 0.15) is 71.6 Å². The lowest BCUT2D eigenvalue weighted by Crippen LogP contribution is -2.54. The zero-order chi connectivity index (χ0) is 15.5. The SMILES string of the molecule is C[C@]12CC[C@H]3[C@@H](CCC4C[C@@H](O)CC[C@@]43C)[C@@H]1CC[C@@H]2C=O. The summed E-state index contributed by atoms with van der Waals surface area (Å²) in [5, 5.41) is 10.1. The van der Waals surface area contributed by atoms with Crippen LogP contribution in [0.3, 0.4) is 0 Å². The second-order valence-corrected chi connectivity index (χ2v) is 9.45. The number of aldehydes is 1. The van der Waals surface area contributed by atoms with Gasteiger partial charge < -0.3 is 9.90 Å². The standard InChI is InChI=1S/C20H32O2/c1-19-9-7-15(22)11-13(19)3-5-16-17-6-4-14(12-21)20(17,2)10-8-18(16)19/h12-18,22H,3-11H2,1-2H3/t13?,14-,15+,16+,17+,18+,19+,20-/m1/s1. The van der Waals surface area contributed by atoms with Crippen LogP contribution in [0.2, 0.25) is 0 Å². The summed E-state index contributed by atoms with van der Waals surface area (Å²) in [7, 11) is 0. The highest BCUT2D eigenvalue weighted by Gasteiger charge is 2.59. The largest absolute Gasteiger partial charge is 0.393 e. The summed E-state index contributed by atoms with van der Waals surface area (Å²) in [5.41, 5.74) is 0.753. The van der Waals surface area contributed by atoms with Crippen LogP contribution in [0.25, 0.3) is 0 Å².